The molecule has 4 nitrogen and oxygen atoms in total. The van der Waals surface area contributed by atoms with Crippen molar-refractivity contribution in [3.05, 3.63) is 11.9 Å². The third-order valence-electron chi connectivity index (χ3n) is 2.79. The van der Waals surface area contributed by atoms with Crippen LogP contribution in [0.4, 0.5) is 0 Å². The molecule has 0 radical (unpaired) electrons. The highest BCUT2D eigenvalue weighted by Crippen LogP contribution is 2.06. The zero-order valence-corrected chi connectivity index (χ0v) is 11.4. The molecule has 0 saturated carbocycles. The molecular weight excluding hydrogens is 214 g/mol. The van der Waals surface area contributed by atoms with Crippen LogP contribution >= 0.6 is 0 Å². The van der Waals surface area contributed by atoms with Gasteiger partial charge in [-0.15, -0.1) is 5.10 Å². The van der Waals surface area contributed by atoms with Crippen molar-refractivity contribution in [2.45, 2.75) is 52.5 Å². The van der Waals surface area contributed by atoms with Crippen molar-refractivity contribution in [2.24, 2.45) is 5.92 Å². The molecule has 0 atom stereocenters. The van der Waals surface area contributed by atoms with E-state index in [4.69, 9.17) is 4.74 Å². The van der Waals surface area contributed by atoms with Gasteiger partial charge < -0.3 is 4.74 Å². The Bertz CT molecular complexity index is 297. The predicted molar refractivity (Wildman–Crippen MR) is 68.9 cm³/mol. The van der Waals surface area contributed by atoms with E-state index in [0.717, 1.165) is 44.0 Å². The minimum absolute atomic E-state index is 0.770. The average Bonchev–Trinajstić information content (AvgIpc) is 2.72. The fourth-order valence-electron chi connectivity index (χ4n) is 1.78. The van der Waals surface area contributed by atoms with Crippen LogP contribution in [0.3, 0.4) is 0 Å². The lowest BCUT2D eigenvalue weighted by Gasteiger charge is -2.03. The minimum atomic E-state index is 0.770. The van der Waals surface area contributed by atoms with Gasteiger partial charge in [-0.1, -0.05) is 19.1 Å². The second kappa shape index (κ2) is 8.23. The van der Waals surface area contributed by atoms with Crippen molar-refractivity contribution < 1.29 is 4.74 Å². The van der Waals surface area contributed by atoms with E-state index >= 15 is 0 Å². The third-order valence-corrected chi connectivity index (χ3v) is 2.79. The summed E-state index contributed by atoms with van der Waals surface area (Å²) in [7, 11) is 1.74. The van der Waals surface area contributed by atoms with Crippen molar-refractivity contribution in [2.75, 3.05) is 13.7 Å². The molecule has 0 saturated heterocycles. The van der Waals surface area contributed by atoms with Gasteiger partial charge in [0.05, 0.1) is 5.69 Å². The van der Waals surface area contributed by atoms with Gasteiger partial charge in [0.15, 0.2) is 0 Å². The van der Waals surface area contributed by atoms with Gasteiger partial charge in [0.25, 0.3) is 0 Å². The normalized spacial score (nSPS) is 11.3. The molecule has 1 rings (SSSR count). The number of rotatable bonds is 9. The van der Waals surface area contributed by atoms with Crippen molar-refractivity contribution in [3.63, 3.8) is 0 Å². The van der Waals surface area contributed by atoms with E-state index < -0.39 is 0 Å². The third kappa shape index (κ3) is 6.41. The summed E-state index contributed by atoms with van der Waals surface area (Å²) in [6.07, 6.45) is 7.74. The van der Waals surface area contributed by atoms with Crippen molar-refractivity contribution in [1.82, 2.24) is 15.0 Å². The molecule has 0 aliphatic carbocycles. The maximum absolute atomic E-state index is 5.02. The number of aromatic nitrogens is 3. The van der Waals surface area contributed by atoms with Gasteiger partial charge in [-0.3, -0.25) is 4.68 Å². The van der Waals surface area contributed by atoms with E-state index in [1.165, 1.54) is 12.8 Å². The molecule has 98 valence electrons. The van der Waals surface area contributed by atoms with Gasteiger partial charge in [0, 0.05) is 26.5 Å². The van der Waals surface area contributed by atoms with Gasteiger partial charge in [-0.05, 0) is 38.0 Å². The van der Waals surface area contributed by atoms with Crippen LogP contribution in [0, 0.1) is 5.92 Å². The number of nitrogens with zero attached hydrogens (tertiary/aromatic N) is 3. The summed E-state index contributed by atoms with van der Waals surface area (Å²) < 4.78 is 6.99. The summed E-state index contributed by atoms with van der Waals surface area (Å²) >= 11 is 0. The van der Waals surface area contributed by atoms with Crippen LogP contribution in [0.1, 0.15) is 45.2 Å². The number of hydrogen-bond acceptors (Lipinski definition) is 3. The van der Waals surface area contributed by atoms with Crippen LogP contribution in [0.25, 0.3) is 0 Å². The number of unbranched alkanes of at least 4 members (excludes halogenated alkanes) is 1. The highest BCUT2D eigenvalue weighted by Gasteiger charge is 2.01. The zero-order valence-electron chi connectivity index (χ0n) is 11.4. The molecular formula is C13H25N3O. The van der Waals surface area contributed by atoms with Gasteiger partial charge in [0.1, 0.15) is 0 Å². The molecule has 4 heteroatoms. The van der Waals surface area contributed by atoms with Crippen LogP contribution < -0.4 is 0 Å². The first kappa shape index (κ1) is 14.2. The maximum Gasteiger partial charge on any atom is 0.0827 e. The number of hydrogen-bond donors (Lipinski definition) is 0. The Morgan fingerprint density at radius 2 is 2.12 bits per heavy atom. The molecule has 0 unspecified atom stereocenters. The molecule has 0 aliphatic rings. The molecule has 0 aliphatic heterocycles. The first-order valence-electron chi connectivity index (χ1n) is 6.60. The lowest BCUT2D eigenvalue weighted by molar-refractivity contribution is 0.193. The van der Waals surface area contributed by atoms with Crippen LogP contribution in [0.5, 0.6) is 0 Å². The van der Waals surface area contributed by atoms with E-state index in [1.807, 2.05) is 4.68 Å². The molecule has 0 bridgehead atoms. The van der Waals surface area contributed by atoms with E-state index in [-0.39, 0.29) is 0 Å². The molecule has 17 heavy (non-hydrogen) atoms. The summed E-state index contributed by atoms with van der Waals surface area (Å²) in [5.74, 6) is 0.770. The van der Waals surface area contributed by atoms with Crippen LogP contribution in [-0.2, 0) is 17.7 Å². The van der Waals surface area contributed by atoms with Gasteiger partial charge >= 0.3 is 0 Å². The van der Waals surface area contributed by atoms with E-state index in [2.05, 4.69) is 30.4 Å². The molecule has 0 fully saturated rings. The van der Waals surface area contributed by atoms with E-state index in [0.29, 0.717) is 0 Å². The quantitative estimate of drug-likeness (QED) is 0.622. The first-order chi connectivity index (χ1) is 8.22. The summed E-state index contributed by atoms with van der Waals surface area (Å²) in [6.45, 7) is 6.33. The summed E-state index contributed by atoms with van der Waals surface area (Å²) in [5.41, 5.74) is 1.10. The van der Waals surface area contributed by atoms with E-state index in [1.54, 1.807) is 7.11 Å². The van der Waals surface area contributed by atoms with Gasteiger partial charge in [-0.25, -0.2) is 0 Å². The Hall–Kier alpha value is -0.900. The molecule has 1 aromatic heterocycles. The minimum Gasteiger partial charge on any atom is -0.385 e. The maximum atomic E-state index is 5.02. The SMILES string of the molecule is COCCCCc1cn(CCCC(C)C)nn1. The molecule has 0 aromatic carbocycles. The largest absolute Gasteiger partial charge is 0.385 e. The predicted octanol–water partition coefficient (Wildman–Crippen LogP) is 2.68. The van der Waals surface area contributed by atoms with Crippen molar-refractivity contribution >= 4 is 0 Å². The van der Waals surface area contributed by atoms with Crippen LogP contribution in [-0.4, -0.2) is 28.7 Å². The topological polar surface area (TPSA) is 39.9 Å². The highest BCUT2D eigenvalue weighted by atomic mass is 16.5. The second-order valence-electron chi connectivity index (χ2n) is 4.96. The fourth-order valence-corrected chi connectivity index (χ4v) is 1.78. The fraction of sp³-hybridized carbons (Fsp3) is 0.846. The summed E-state index contributed by atoms with van der Waals surface area (Å²) in [6, 6.07) is 0. The van der Waals surface area contributed by atoms with Gasteiger partial charge in [-0.2, -0.15) is 0 Å². The lowest BCUT2D eigenvalue weighted by Crippen LogP contribution is -2.00. The number of methoxy groups -OCH3 is 1. The molecule has 0 N–H and O–H groups in total. The summed E-state index contributed by atoms with van der Waals surface area (Å²) in [4.78, 5) is 0. The van der Waals surface area contributed by atoms with Gasteiger partial charge in [0.2, 0.25) is 0 Å². The number of aryl methyl sites for hydroxylation is 2. The molecule has 0 amide bonds. The monoisotopic (exact) mass is 239 g/mol. The van der Waals surface area contributed by atoms with Crippen molar-refractivity contribution in [1.29, 1.82) is 0 Å². The molecule has 1 aromatic rings. The smallest absolute Gasteiger partial charge is 0.0827 e. The Balaban J connectivity index is 2.18. The first-order valence-corrected chi connectivity index (χ1v) is 6.60. The van der Waals surface area contributed by atoms with Crippen LogP contribution in [0.2, 0.25) is 0 Å². The lowest BCUT2D eigenvalue weighted by atomic mass is 10.1. The molecule has 1 heterocycles. The van der Waals surface area contributed by atoms with Crippen molar-refractivity contribution in [3.8, 4) is 0 Å². The Kier molecular flexibility index (Phi) is 6.86. The van der Waals surface area contributed by atoms with Crippen LogP contribution in [0.15, 0.2) is 6.20 Å². The Morgan fingerprint density at radius 3 is 2.82 bits per heavy atom. The second-order valence-corrected chi connectivity index (χ2v) is 4.96. The average molecular weight is 239 g/mol. The Morgan fingerprint density at radius 1 is 1.29 bits per heavy atom. The zero-order chi connectivity index (χ0) is 12.5. The van der Waals surface area contributed by atoms with E-state index in [9.17, 15) is 0 Å². The Labute approximate surface area is 104 Å². The standard InChI is InChI=1S/C13H25N3O/c1-12(2)7-6-9-16-11-13(14-15-16)8-4-5-10-17-3/h11-12H,4-10H2,1-3H3. The highest BCUT2D eigenvalue weighted by molar-refractivity contribution is 4.92. The number of ether oxygens (including phenoxy) is 1. The molecule has 0 spiro atoms. The summed E-state index contributed by atoms with van der Waals surface area (Å²) in [5, 5.41) is 8.33.